The van der Waals surface area contributed by atoms with E-state index in [9.17, 15) is 0 Å². The molecule has 8 aromatic carbocycles. The lowest BCUT2D eigenvalue weighted by Crippen LogP contribution is -2.40. The maximum absolute atomic E-state index is 4.08. The molecule has 3 aliphatic carbocycles. The van der Waals surface area contributed by atoms with E-state index in [1.807, 2.05) is 11.3 Å². The van der Waals surface area contributed by atoms with Gasteiger partial charge in [0.05, 0.1) is 5.69 Å². The Kier molecular flexibility index (Phi) is 9.85. The van der Waals surface area contributed by atoms with Crippen molar-refractivity contribution >= 4 is 78.2 Å². The molecule has 72 heavy (non-hydrogen) atoms. The highest BCUT2D eigenvalue weighted by molar-refractivity contribution is 7.29. The van der Waals surface area contributed by atoms with Gasteiger partial charge in [0, 0.05) is 49.2 Å². The first-order valence-corrected chi connectivity index (χ1v) is 27.4. The normalized spacial score (nSPS) is 18.1. The summed E-state index contributed by atoms with van der Waals surface area (Å²) in [6.45, 7) is 27.0. The standard InChI is InChI=1S/C68H67BN2S/c1-40-33-53-55(66(6,7)31-29-64(53,2)3)38-58(40)71-61-45-22-16-15-21-43(45)34-49(60(61)69-63-62(71)50-36-54-56(39-59(50)72-63)67(8,9)32-30-65(54,4)5)48-35-47-46-23-17-18-24-51(46)68(10,11)52(47)37-57(48)70-44-27-25-42(26-28-44)41-19-13-12-14-20-41/h12-28,33-39,69-70H,29-32H2,1-11H3. The van der Waals surface area contributed by atoms with Gasteiger partial charge in [-0.25, -0.2) is 0 Å². The van der Waals surface area contributed by atoms with Crippen molar-refractivity contribution < 1.29 is 0 Å². The molecular formula is C68H67BN2S. The Balaban J connectivity index is 1.11. The van der Waals surface area contributed by atoms with Gasteiger partial charge in [-0.3, -0.25) is 0 Å². The number of rotatable bonds is 5. The zero-order valence-corrected chi connectivity index (χ0v) is 45.1. The van der Waals surface area contributed by atoms with Gasteiger partial charge >= 0.3 is 0 Å². The fraction of sp³-hybridized carbons (Fsp3) is 0.294. The molecule has 1 aromatic heterocycles. The second-order valence-electron chi connectivity index (χ2n) is 25.2. The fourth-order valence-corrected chi connectivity index (χ4v) is 14.9. The number of anilines is 5. The van der Waals surface area contributed by atoms with Crippen LogP contribution in [0.25, 0.3) is 54.2 Å². The first-order chi connectivity index (χ1) is 34.3. The Morgan fingerprint density at radius 2 is 1.07 bits per heavy atom. The topological polar surface area (TPSA) is 15.3 Å². The maximum Gasteiger partial charge on any atom is 0.211 e. The highest BCUT2D eigenvalue weighted by Gasteiger charge is 2.43. The number of hydrogen-bond acceptors (Lipinski definition) is 3. The van der Waals surface area contributed by atoms with E-state index in [-0.39, 0.29) is 27.1 Å². The Bertz CT molecular complexity index is 3730. The summed E-state index contributed by atoms with van der Waals surface area (Å²) in [6, 6.07) is 56.1. The third kappa shape index (κ3) is 6.80. The SMILES string of the molecule is Cc1cc2c(cc1N1c3c(c(-c4cc5c(cc4Nc4ccc(-c6ccccc6)cc4)C(C)(C)c4ccccc4-5)cc4ccccc34)Bc3sc4cc5c(cc4c31)C(C)(C)CCC5(C)C)C(C)(C)CCC2(C)C. The minimum absolute atomic E-state index is 0.0540. The number of thiophene rings is 1. The molecule has 0 amide bonds. The zero-order chi connectivity index (χ0) is 49.9. The van der Waals surface area contributed by atoms with Crippen LogP contribution < -0.4 is 20.5 Å². The first kappa shape index (κ1) is 45.5. The van der Waals surface area contributed by atoms with Gasteiger partial charge in [-0.1, -0.05) is 166 Å². The molecule has 0 saturated heterocycles. The summed E-state index contributed by atoms with van der Waals surface area (Å²) >= 11 is 2.04. The summed E-state index contributed by atoms with van der Waals surface area (Å²) in [7, 11) is 0.852. The lowest BCUT2D eigenvalue weighted by atomic mass is 9.60. The van der Waals surface area contributed by atoms with Crippen molar-refractivity contribution in [2.24, 2.45) is 0 Å². The molecule has 0 spiro atoms. The summed E-state index contributed by atoms with van der Waals surface area (Å²) < 4.78 is 2.85. The first-order valence-electron chi connectivity index (χ1n) is 26.6. The van der Waals surface area contributed by atoms with E-state index in [4.69, 9.17) is 0 Å². The number of hydrogen-bond donors (Lipinski definition) is 1. The summed E-state index contributed by atoms with van der Waals surface area (Å²) in [5, 5.41) is 8.04. The smallest absolute Gasteiger partial charge is 0.211 e. The minimum atomic E-state index is -0.155. The molecule has 2 nitrogen and oxygen atoms in total. The Morgan fingerprint density at radius 3 is 1.78 bits per heavy atom. The van der Waals surface area contributed by atoms with Crippen LogP contribution in [0.1, 0.15) is 134 Å². The lowest BCUT2D eigenvalue weighted by molar-refractivity contribution is 0.332. The van der Waals surface area contributed by atoms with E-state index in [1.54, 1.807) is 0 Å². The fourth-order valence-electron chi connectivity index (χ4n) is 13.7. The second kappa shape index (κ2) is 15.6. The number of nitrogens with one attached hydrogen (secondary N) is 1. The highest BCUT2D eigenvalue weighted by atomic mass is 32.1. The third-order valence-electron chi connectivity index (χ3n) is 18.3. The number of fused-ring (bicyclic) bond motifs is 11. The minimum Gasteiger partial charge on any atom is -0.355 e. The van der Waals surface area contributed by atoms with Crippen LogP contribution >= 0.6 is 11.3 Å². The molecule has 1 aliphatic heterocycles. The van der Waals surface area contributed by atoms with Gasteiger partial charge in [0.15, 0.2) is 0 Å². The zero-order valence-electron chi connectivity index (χ0n) is 44.2. The van der Waals surface area contributed by atoms with Crippen LogP contribution in [0, 0.1) is 6.92 Å². The maximum atomic E-state index is 4.08. The Labute approximate surface area is 432 Å². The second-order valence-corrected chi connectivity index (χ2v) is 26.3. The summed E-state index contributed by atoms with van der Waals surface area (Å²) in [5.41, 5.74) is 25.6. The molecule has 2 heterocycles. The molecule has 0 unspecified atom stereocenters. The van der Waals surface area contributed by atoms with Crippen LogP contribution in [-0.2, 0) is 27.1 Å². The van der Waals surface area contributed by atoms with Gasteiger partial charge in [-0.05, 0) is 185 Å². The van der Waals surface area contributed by atoms with Crippen LogP contribution in [0.2, 0.25) is 0 Å². The van der Waals surface area contributed by atoms with Crippen molar-refractivity contribution in [3.05, 3.63) is 185 Å². The van der Waals surface area contributed by atoms with Crippen molar-refractivity contribution in [1.29, 1.82) is 0 Å². The van der Waals surface area contributed by atoms with E-state index in [0.29, 0.717) is 0 Å². The van der Waals surface area contributed by atoms with Gasteiger partial charge in [0.25, 0.3) is 0 Å². The van der Waals surface area contributed by atoms with Gasteiger partial charge in [0.1, 0.15) is 0 Å². The highest BCUT2D eigenvalue weighted by Crippen LogP contribution is 2.56. The molecule has 0 fully saturated rings. The van der Waals surface area contributed by atoms with E-state index in [2.05, 4.69) is 232 Å². The van der Waals surface area contributed by atoms with Gasteiger partial charge in [-0.15, -0.1) is 11.3 Å². The molecule has 358 valence electrons. The van der Waals surface area contributed by atoms with Gasteiger partial charge < -0.3 is 10.2 Å². The third-order valence-corrected chi connectivity index (χ3v) is 19.5. The molecule has 4 aliphatic rings. The quantitative estimate of drug-likeness (QED) is 0.173. The predicted octanol–water partition coefficient (Wildman–Crippen LogP) is 17.6. The monoisotopic (exact) mass is 955 g/mol. The average Bonchev–Trinajstić information content (AvgIpc) is 3.83. The lowest BCUT2D eigenvalue weighted by Gasteiger charge is -2.44. The van der Waals surface area contributed by atoms with Crippen molar-refractivity contribution in [1.82, 2.24) is 0 Å². The van der Waals surface area contributed by atoms with Crippen LogP contribution in [0.5, 0.6) is 0 Å². The molecule has 0 saturated carbocycles. The predicted molar refractivity (Wildman–Crippen MR) is 314 cm³/mol. The number of benzene rings is 8. The molecule has 0 bridgehead atoms. The van der Waals surface area contributed by atoms with E-state index in [0.717, 1.165) is 18.7 Å². The summed E-state index contributed by atoms with van der Waals surface area (Å²) in [4.78, 5) is 2.78. The molecule has 13 rings (SSSR count). The largest absolute Gasteiger partial charge is 0.355 e. The van der Waals surface area contributed by atoms with Crippen LogP contribution in [-0.4, -0.2) is 7.28 Å². The Hall–Kier alpha value is -6.36. The molecule has 0 radical (unpaired) electrons. The van der Waals surface area contributed by atoms with E-state index < -0.39 is 0 Å². The summed E-state index contributed by atoms with van der Waals surface area (Å²) in [5.74, 6) is 0. The van der Waals surface area contributed by atoms with Crippen molar-refractivity contribution in [3.8, 4) is 33.4 Å². The van der Waals surface area contributed by atoms with Crippen molar-refractivity contribution in [3.63, 3.8) is 0 Å². The Morgan fingerprint density at radius 1 is 0.472 bits per heavy atom. The van der Waals surface area contributed by atoms with E-state index >= 15 is 0 Å². The molecule has 0 atom stereocenters. The van der Waals surface area contributed by atoms with Crippen LogP contribution in [0.4, 0.5) is 28.4 Å². The van der Waals surface area contributed by atoms with Crippen LogP contribution in [0.15, 0.2) is 146 Å². The molecular weight excluding hydrogens is 888 g/mol. The van der Waals surface area contributed by atoms with Crippen molar-refractivity contribution in [2.75, 3.05) is 10.2 Å². The number of aryl methyl sites for hydroxylation is 1. The van der Waals surface area contributed by atoms with Crippen molar-refractivity contribution in [2.45, 2.75) is 129 Å². The number of nitrogens with zero attached hydrogens (tertiary/aromatic N) is 1. The average molecular weight is 955 g/mol. The van der Waals surface area contributed by atoms with Gasteiger partial charge in [-0.2, -0.15) is 0 Å². The van der Waals surface area contributed by atoms with Gasteiger partial charge in [0.2, 0.25) is 7.28 Å². The molecule has 4 heteroatoms. The van der Waals surface area contributed by atoms with E-state index in [1.165, 1.54) is 146 Å². The summed E-state index contributed by atoms with van der Waals surface area (Å²) in [6.07, 6.45) is 4.76. The van der Waals surface area contributed by atoms with Crippen LogP contribution in [0.3, 0.4) is 0 Å². The molecule has 9 aromatic rings. The molecule has 1 N–H and O–H groups in total.